The van der Waals surface area contributed by atoms with Crippen LogP contribution < -0.4 is 0 Å². The van der Waals surface area contributed by atoms with Gasteiger partial charge in [0.1, 0.15) is 0 Å². The lowest BCUT2D eigenvalue weighted by Gasteiger charge is -2.09. The standard InChI is InChI=1S/C32H19NS2/c1-2-9-20(10-3-1)29-19-21-17-18-26-30(31(21)35-29)24-12-4-6-14-25(24)33(26)27-15-8-13-23-22-11-5-7-16-28(22)34-32(23)27/h1-19H. The Labute approximate surface area is 210 Å². The van der Waals surface area contributed by atoms with Gasteiger partial charge >= 0.3 is 0 Å². The van der Waals surface area contributed by atoms with Gasteiger partial charge in [0, 0.05) is 35.8 Å². The molecular formula is C32H19NS2. The summed E-state index contributed by atoms with van der Waals surface area (Å²) >= 11 is 3.79. The lowest BCUT2D eigenvalue weighted by molar-refractivity contribution is 1.20. The van der Waals surface area contributed by atoms with Gasteiger partial charge in [0.15, 0.2) is 0 Å². The van der Waals surface area contributed by atoms with Crippen molar-refractivity contribution in [1.29, 1.82) is 0 Å². The highest BCUT2D eigenvalue weighted by Gasteiger charge is 2.19. The minimum absolute atomic E-state index is 1.26. The first-order chi connectivity index (χ1) is 17.4. The predicted octanol–water partition coefficient (Wildman–Crippen LogP) is 10.0. The van der Waals surface area contributed by atoms with Crippen LogP contribution in [0.5, 0.6) is 0 Å². The number of thiophene rings is 2. The van der Waals surface area contributed by atoms with E-state index in [4.69, 9.17) is 0 Å². The van der Waals surface area contributed by atoms with Crippen LogP contribution in [0.4, 0.5) is 0 Å². The summed E-state index contributed by atoms with van der Waals surface area (Å²) in [5, 5.41) is 6.64. The molecule has 5 aromatic carbocycles. The molecule has 0 spiro atoms. The first-order valence-electron chi connectivity index (χ1n) is 11.8. The van der Waals surface area contributed by atoms with E-state index < -0.39 is 0 Å². The molecule has 1 nitrogen and oxygen atoms in total. The number of para-hydroxylation sites is 1. The molecule has 0 amide bonds. The number of benzene rings is 5. The highest BCUT2D eigenvalue weighted by molar-refractivity contribution is 7.26. The zero-order valence-electron chi connectivity index (χ0n) is 18.7. The molecule has 3 aromatic heterocycles. The second-order valence-corrected chi connectivity index (χ2v) is 11.1. The maximum Gasteiger partial charge on any atom is 0.0640 e. The third-order valence-electron chi connectivity index (χ3n) is 7.00. The smallest absolute Gasteiger partial charge is 0.0640 e. The molecule has 0 radical (unpaired) electrons. The molecule has 35 heavy (non-hydrogen) atoms. The van der Waals surface area contributed by atoms with Gasteiger partial charge in [-0.05, 0) is 41.3 Å². The molecule has 164 valence electrons. The molecule has 3 heterocycles. The average Bonchev–Trinajstić information content (AvgIpc) is 3.60. The third-order valence-corrected chi connectivity index (χ3v) is 9.43. The average molecular weight is 482 g/mol. The van der Waals surface area contributed by atoms with E-state index in [1.807, 2.05) is 22.7 Å². The Kier molecular flexibility index (Phi) is 4.04. The Morgan fingerprint density at radius 3 is 2.20 bits per heavy atom. The molecule has 0 unspecified atom stereocenters. The van der Waals surface area contributed by atoms with E-state index >= 15 is 0 Å². The van der Waals surface area contributed by atoms with Gasteiger partial charge in [-0.1, -0.05) is 84.9 Å². The minimum Gasteiger partial charge on any atom is -0.308 e. The van der Waals surface area contributed by atoms with Crippen molar-refractivity contribution >= 4 is 74.7 Å². The van der Waals surface area contributed by atoms with Crippen LogP contribution in [-0.2, 0) is 0 Å². The molecule has 0 aliphatic heterocycles. The summed E-state index contributed by atoms with van der Waals surface area (Å²) in [6, 6.07) is 42.0. The van der Waals surface area contributed by atoms with Crippen LogP contribution in [0.15, 0.2) is 115 Å². The number of nitrogens with zero attached hydrogens (tertiary/aromatic N) is 1. The van der Waals surface area contributed by atoms with Gasteiger partial charge in [0.05, 0.1) is 21.4 Å². The fraction of sp³-hybridized carbons (Fsp3) is 0. The van der Waals surface area contributed by atoms with Crippen molar-refractivity contribution in [2.24, 2.45) is 0 Å². The summed E-state index contributed by atoms with van der Waals surface area (Å²) in [4.78, 5) is 1.32. The maximum atomic E-state index is 2.48. The van der Waals surface area contributed by atoms with Crippen LogP contribution >= 0.6 is 22.7 Å². The van der Waals surface area contributed by atoms with E-state index in [-0.39, 0.29) is 0 Å². The van der Waals surface area contributed by atoms with Crippen LogP contribution in [0, 0.1) is 0 Å². The van der Waals surface area contributed by atoms with E-state index in [1.54, 1.807) is 0 Å². The molecule has 0 saturated carbocycles. The quantitative estimate of drug-likeness (QED) is 0.231. The highest BCUT2D eigenvalue weighted by atomic mass is 32.1. The number of rotatable bonds is 2. The largest absolute Gasteiger partial charge is 0.308 e. The van der Waals surface area contributed by atoms with Gasteiger partial charge in [0.2, 0.25) is 0 Å². The molecule has 8 aromatic rings. The highest BCUT2D eigenvalue weighted by Crippen LogP contribution is 2.44. The van der Waals surface area contributed by atoms with Crippen molar-refractivity contribution in [1.82, 2.24) is 4.57 Å². The zero-order valence-corrected chi connectivity index (χ0v) is 20.4. The first-order valence-corrected chi connectivity index (χ1v) is 13.4. The molecule has 0 bridgehead atoms. The maximum absolute atomic E-state index is 2.48. The van der Waals surface area contributed by atoms with Gasteiger partial charge in [-0.25, -0.2) is 0 Å². The summed E-state index contributed by atoms with van der Waals surface area (Å²) in [5.41, 5.74) is 5.06. The topological polar surface area (TPSA) is 4.93 Å². The van der Waals surface area contributed by atoms with Crippen molar-refractivity contribution in [3.63, 3.8) is 0 Å². The second-order valence-electron chi connectivity index (χ2n) is 8.96. The summed E-state index contributed by atoms with van der Waals surface area (Å²) < 4.78 is 6.51. The lowest BCUT2D eigenvalue weighted by atomic mass is 10.1. The molecular weight excluding hydrogens is 462 g/mol. The second kappa shape index (κ2) is 7.29. The normalized spacial score (nSPS) is 12.0. The first kappa shape index (κ1) is 19.4. The third kappa shape index (κ3) is 2.74. The van der Waals surface area contributed by atoms with E-state index in [9.17, 15) is 0 Å². The molecule has 0 aliphatic carbocycles. The van der Waals surface area contributed by atoms with Crippen molar-refractivity contribution in [2.45, 2.75) is 0 Å². The summed E-state index contributed by atoms with van der Waals surface area (Å²) in [6.45, 7) is 0. The molecule has 0 fully saturated rings. The minimum atomic E-state index is 1.26. The van der Waals surface area contributed by atoms with Crippen LogP contribution in [0.3, 0.4) is 0 Å². The Hall–Kier alpha value is -3.92. The van der Waals surface area contributed by atoms with Crippen LogP contribution in [-0.4, -0.2) is 4.57 Å². The van der Waals surface area contributed by atoms with Gasteiger partial charge < -0.3 is 4.57 Å². The Bertz CT molecular complexity index is 2050. The van der Waals surface area contributed by atoms with Gasteiger partial charge in [-0.15, -0.1) is 22.7 Å². The Morgan fingerprint density at radius 1 is 0.514 bits per heavy atom. The van der Waals surface area contributed by atoms with Crippen LogP contribution in [0.1, 0.15) is 0 Å². The van der Waals surface area contributed by atoms with Crippen molar-refractivity contribution in [3.8, 4) is 16.1 Å². The SMILES string of the molecule is c1ccc(-c2cc3ccc4c(c5ccccc5n4-c4cccc5c4sc4ccccc45)c3s2)cc1. The fourth-order valence-electron chi connectivity index (χ4n) is 5.46. The molecule has 0 atom stereocenters. The van der Waals surface area contributed by atoms with Crippen LogP contribution in [0.2, 0.25) is 0 Å². The number of hydrogen-bond acceptors (Lipinski definition) is 2. The number of aromatic nitrogens is 1. The molecule has 0 saturated heterocycles. The summed E-state index contributed by atoms with van der Waals surface area (Å²) in [5.74, 6) is 0. The predicted molar refractivity (Wildman–Crippen MR) is 154 cm³/mol. The monoisotopic (exact) mass is 481 g/mol. The lowest BCUT2D eigenvalue weighted by Crippen LogP contribution is -1.93. The molecule has 3 heteroatoms. The van der Waals surface area contributed by atoms with Crippen molar-refractivity contribution in [3.05, 3.63) is 115 Å². The molecule has 0 aliphatic rings. The van der Waals surface area contributed by atoms with Crippen molar-refractivity contribution in [2.75, 3.05) is 0 Å². The van der Waals surface area contributed by atoms with E-state index in [2.05, 4.69) is 120 Å². The van der Waals surface area contributed by atoms with Gasteiger partial charge in [0.25, 0.3) is 0 Å². The van der Waals surface area contributed by atoms with E-state index in [1.165, 1.54) is 68.2 Å². The fourth-order valence-corrected chi connectivity index (χ4v) is 7.89. The van der Waals surface area contributed by atoms with Crippen molar-refractivity contribution < 1.29 is 0 Å². The molecule has 8 rings (SSSR count). The molecule has 0 N–H and O–H groups in total. The zero-order chi connectivity index (χ0) is 22.9. The van der Waals surface area contributed by atoms with E-state index in [0.717, 1.165) is 0 Å². The number of hydrogen-bond donors (Lipinski definition) is 0. The summed E-state index contributed by atoms with van der Waals surface area (Å²) in [6.07, 6.45) is 0. The van der Waals surface area contributed by atoms with Crippen LogP contribution in [0.25, 0.3) is 68.2 Å². The van der Waals surface area contributed by atoms with E-state index in [0.29, 0.717) is 0 Å². The Morgan fingerprint density at radius 2 is 1.29 bits per heavy atom. The van der Waals surface area contributed by atoms with Gasteiger partial charge in [-0.3, -0.25) is 0 Å². The Balaban J connectivity index is 1.50. The van der Waals surface area contributed by atoms with Gasteiger partial charge in [-0.2, -0.15) is 0 Å². The number of fused-ring (bicyclic) bond motifs is 8. The summed E-state index contributed by atoms with van der Waals surface area (Å²) in [7, 11) is 0.